The second-order valence-electron chi connectivity index (χ2n) is 6.42. The highest BCUT2D eigenvalue weighted by Gasteiger charge is 2.43. The van der Waals surface area contributed by atoms with Gasteiger partial charge in [0.1, 0.15) is 5.82 Å². The lowest BCUT2D eigenvalue weighted by molar-refractivity contribution is -0.135. The number of likely N-dealkylation sites (tertiary alicyclic amines) is 1. The minimum absolute atomic E-state index is 0. The predicted molar refractivity (Wildman–Crippen MR) is 84.8 cm³/mol. The number of hydrogen-bond acceptors (Lipinski definition) is 3. The Morgan fingerprint density at radius 2 is 2.13 bits per heavy atom. The average molecular weight is 349 g/mol. The molecule has 8 heteroatoms. The zero-order chi connectivity index (χ0) is 15.7. The summed E-state index contributed by atoms with van der Waals surface area (Å²) in [5, 5.41) is 2.64. The van der Waals surface area contributed by atoms with E-state index in [9.17, 15) is 13.6 Å². The smallest absolute Gasteiger partial charge is 0.262 e. The van der Waals surface area contributed by atoms with Crippen molar-refractivity contribution in [2.75, 3.05) is 19.6 Å². The first-order valence-corrected chi connectivity index (χ1v) is 7.81. The Morgan fingerprint density at radius 3 is 2.65 bits per heavy atom. The number of halogens is 3. The molecular formula is C15H23ClF2N4O. The number of piperidine rings is 1. The van der Waals surface area contributed by atoms with E-state index in [1.54, 1.807) is 11.1 Å². The van der Waals surface area contributed by atoms with Crippen molar-refractivity contribution in [1.29, 1.82) is 0 Å². The first-order chi connectivity index (χ1) is 10.4. The van der Waals surface area contributed by atoms with Crippen LogP contribution in [0.1, 0.15) is 25.1 Å². The summed E-state index contributed by atoms with van der Waals surface area (Å²) in [6.45, 7) is 0.911. The summed E-state index contributed by atoms with van der Waals surface area (Å²) in [6.07, 6.45) is 6.06. The highest BCUT2D eigenvalue weighted by atomic mass is 35.5. The number of aromatic nitrogens is 2. The van der Waals surface area contributed by atoms with Crippen LogP contribution in [-0.2, 0) is 18.3 Å². The van der Waals surface area contributed by atoms with E-state index in [1.165, 1.54) is 0 Å². The van der Waals surface area contributed by atoms with E-state index in [2.05, 4.69) is 10.3 Å². The van der Waals surface area contributed by atoms with E-state index >= 15 is 0 Å². The minimum atomic E-state index is -2.75. The number of imidazole rings is 1. The Morgan fingerprint density at radius 1 is 1.43 bits per heavy atom. The van der Waals surface area contributed by atoms with Crippen LogP contribution in [0, 0.1) is 5.92 Å². The number of alkyl halides is 2. The van der Waals surface area contributed by atoms with Gasteiger partial charge in [-0.05, 0) is 18.8 Å². The maximum absolute atomic E-state index is 13.2. The molecule has 1 aromatic rings. The Balaban J connectivity index is 0.00000192. The van der Waals surface area contributed by atoms with E-state index in [0.717, 1.165) is 25.1 Å². The van der Waals surface area contributed by atoms with Gasteiger partial charge in [-0.1, -0.05) is 0 Å². The van der Waals surface area contributed by atoms with Crippen molar-refractivity contribution in [1.82, 2.24) is 19.8 Å². The Hall–Kier alpha value is -1.21. The second-order valence-corrected chi connectivity index (χ2v) is 6.42. The molecule has 0 spiro atoms. The van der Waals surface area contributed by atoms with Crippen molar-refractivity contribution >= 4 is 18.3 Å². The molecule has 1 N–H and O–H groups in total. The number of carbonyl (C=O) groups excluding carboxylic acids is 1. The Labute approximate surface area is 140 Å². The molecule has 3 rings (SSSR count). The quantitative estimate of drug-likeness (QED) is 0.903. The third kappa shape index (κ3) is 4.20. The van der Waals surface area contributed by atoms with Crippen LogP contribution in [-0.4, -0.2) is 52.0 Å². The predicted octanol–water partition coefficient (Wildman–Crippen LogP) is 1.62. The first-order valence-electron chi connectivity index (χ1n) is 7.81. The third-order valence-electron chi connectivity index (χ3n) is 4.73. The van der Waals surface area contributed by atoms with E-state index in [-0.39, 0.29) is 31.3 Å². The topological polar surface area (TPSA) is 50.2 Å². The molecule has 23 heavy (non-hydrogen) atoms. The van der Waals surface area contributed by atoms with Gasteiger partial charge in [0, 0.05) is 45.4 Å². The lowest BCUT2D eigenvalue weighted by Crippen LogP contribution is -2.47. The summed E-state index contributed by atoms with van der Waals surface area (Å²) in [6, 6.07) is -0.721. The maximum Gasteiger partial charge on any atom is 0.262 e. The number of amides is 1. The van der Waals surface area contributed by atoms with Gasteiger partial charge in [0.15, 0.2) is 0 Å². The van der Waals surface area contributed by atoms with Crippen molar-refractivity contribution < 1.29 is 13.6 Å². The molecule has 0 bridgehead atoms. The van der Waals surface area contributed by atoms with Gasteiger partial charge in [-0.25, -0.2) is 13.8 Å². The largest absolute Gasteiger partial charge is 0.341 e. The monoisotopic (exact) mass is 348 g/mol. The summed E-state index contributed by atoms with van der Waals surface area (Å²) in [5.74, 6) is -1.37. The summed E-state index contributed by atoms with van der Waals surface area (Å²) in [5.41, 5.74) is 0. The van der Waals surface area contributed by atoms with E-state index < -0.39 is 12.0 Å². The van der Waals surface area contributed by atoms with Crippen LogP contribution >= 0.6 is 12.4 Å². The maximum atomic E-state index is 13.2. The van der Waals surface area contributed by atoms with E-state index in [4.69, 9.17) is 0 Å². The van der Waals surface area contributed by atoms with Gasteiger partial charge in [-0.3, -0.25) is 10.1 Å². The summed E-state index contributed by atoms with van der Waals surface area (Å²) in [7, 11) is 1.98. The van der Waals surface area contributed by atoms with Crippen LogP contribution in [0.5, 0.6) is 0 Å². The fourth-order valence-corrected chi connectivity index (χ4v) is 3.32. The van der Waals surface area contributed by atoms with Gasteiger partial charge in [0.2, 0.25) is 5.91 Å². The van der Waals surface area contributed by atoms with Gasteiger partial charge < -0.3 is 9.47 Å². The van der Waals surface area contributed by atoms with Gasteiger partial charge in [0.25, 0.3) is 5.92 Å². The molecule has 2 aliphatic rings. The van der Waals surface area contributed by atoms with Crippen molar-refractivity contribution in [2.24, 2.45) is 13.0 Å². The van der Waals surface area contributed by atoms with Gasteiger partial charge in [0.05, 0.1) is 12.6 Å². The van der Waals surface area contributed by atoms with Crippen LogP contribution in [0.15, 0.2) is 12.4 Å². The Bertz CT molecular complexity index is 543. The molecule has 0 radical (unpaired) electrons. The van der Waals surface area contributed by atoms with Crippen LogP contribution in [0.25, 0.3) is 0 Å². The average Bonchev–Trinajstić information content (AvgIpc) is 3.05. The Kier molecular flexibility index (Phi) is 5.62. The number of nitrogens with one attached hydrogen (secondary N) is 1. The molecule has 0 saturated carbocycles. The number of carbonyl (C=O) groups is 1. The number of rotatable bonds is 3. The fraction of sp³-hybridized carbons (Fsp3) is 0.733. The molecule has 1 amide bonds. The summed E-state index contributed by atoms with van der Waals surface area (Å²) in [4.78, 5) is 18.3. The van der Waals surface area contributed by atoms with Crippen molar-refractivity contribution in [3.63, 3.8) is 0 Å². The first kappa shape index (κ1) is 18.1. The molecule has 1 unspecified atom stereocenters. The normalized spacial score (nSPS) is 24.5. The van der Waals surface area contributed by atoms with Crippen LogP contribution < -0.4 is 5.32 Å². The van der Waals surface area contributed by atoms with Crippen molar-refractivity contribution in [3.8, 4) is 0 Å². The SMILES string of the molecule is Cl.Cn1ccnc1CC1CCN(C(=O)C2CC(F)(F)CN2)CC1. The lowest BCUT2D eigenvalue weighted by Gasteiger charge is -2.33. The number of aryl methyl sites for hydroxylation is 1. The highest BCUT2D eigenvalue weighted by Crippen LogP contribution is 2.27. The molecule has 1 aromatic heterocycles. The zero-order valence-corrected chi connectivity index (χ0v) is 14.0. The molecule has 2 aliphatic heterocycles. The van der Waals surface area contributed by atoms with Crippen LogP contribution in [0.3, 0.4) is 0 Å². The molecule has 3 heterocycles. The van der Waals surface area contributed by atoms with Crippen molar-refractivity contribution in [3.05, 3.63) is 18.2 Å². The molecule has 5 nitrogen and oxygen atoms in total. The van der Waals surface area contributed by atoms with Gasteiger partial charge >= 0.3 is 0 Å². The van der Waals surface area contributed by atoms with Crippen molar-refractivity contribution in [2.45, 2.75) is 37.6 Å². The molecule has 0 aromatic carbocycles. The van der Waals surface area contributed by atoms with E-state index in [1.807, 2.05) is 17.8 Å². The molecule has 130 valence electrons. The van der Waals surface area contributed by atoms with Crippen LogP contribution in [0.2, 0.25) is 0 Å². The fourth-order valence-electron chi connectivity index (χ4n) is 3.32. The molecule has 2 saturated heterocycles. The zero-order valence-electron chi connectivity index (χ0n) is 13.2. The lowest BCUT2D eigenvalue weighted by atomic mass is 9.92. The van der Waals surface area contributed by atoms with Gasteiger partial charge in [-0.15, -0.1) is 12.4 Å². The molecular weight excluding hydrogens is 326 g/mol. The minimum Gasteiger partial charge on any atom is -0.341 e. The number of nitrogens with zero attached hydrogens (tertiary/aromatic N) is 3. The second kappa shape index (κ2) is 7.13. The summed E-state index contributed by atoms with van der Waals surface area (Å²) >= 11 is 0. The molecule has 2 fully saturated rings. The standard InChI is InChI=1S/C15H22F2N4O.ClH/c1-20-7-4-18-13(20)8-11-2-5-21(6-3-11)14(22)12-9-15(16,17)10-19-12;/h4,7,11-12,19H,2-3,5-6,8-10H2,1H3;1H. The summed E-state index contributed by atoms with van der Waals surface area (Å²) < 4.78 is 28.4. The van der Waals surface area contributed by atoms with E-state index in [0.29, 0.717) is 19.0 Å². The molecule has 0 aliphatic carbocycles. The van der Waals surface area contributed by atoms with Crippen LogP contribution in [0.4, 0.5) is 8.78 Å². The molecule has 1 atom stereocenters. The number of hydrogen-bond donors (Lipinski definition) is 1. The van der Waals surface area contributed by atoms with Gasteiger partial charge in [-0.2, -0.15) is 0 Å². The third-order valence-corrected chi connectivity index (χ3v) is 4.73. The highest BCUT2D eigenvalue weighted by molar-refractivity contribution is 5.85.